The van der Waals surface area contributed by atoms with Crippen molar-refractivity contribution in [1.82, 2.24) is 0 Å². The molecule has 1 atom stereocenters. The van der Waals surface area contributed by atoms with Gasteiger partial charge in [0.2, 0.25) is 0 Å². The zero-order valence-corrected chi connectivity index (χ0v) is 13.4. The second-order valence-corrected chi connectivity index (χ2v) is 6.79. The van der Waals surface area contributed by atoms with E-state index in [0.717, 1.165) is 17.7 Å². The second-order valence-electron chi connectivity index (χ2n) is 4.93. The zero-order valence-electron chi connectivity index (χ0n) is 11.8. The van der Waals surface area contributed by atoms with E-state index in [-0.39, 0.29) is 11.1 Å². The van der Waals surface area contributed by atoms with Gasteiger partial charge in [0.15, 0.2) is 0 Å². The van der Waals surface area contributed by atoms with Crippen LogP contribution in [0.15, 0.2) is 24.3 Å². The molecule has 1 heterocycles. The molecule has 1 aromatic carbocycles. The number of aryl methyl sites for hydroxylation is 2. The first-order chi connectivity index (χ1) is 9.68. The van der Waals surface area contributed by atoms with E-state index < -0.39 is 11.7 Å². The average Bonchev–Trinajstić information content (AvgIpc) is 2.69. The Bertz CT molecular complexity index is 649. The number of anilines is 1. The third kappa shape index (κ3) is 3.71. The van der Waals surface area contributed by atoms with Crippen LogP contribution in [0, 0.1) is 13.8 Å². The first-order valence-electron chi connectivity index (χ1n) is 6.38. The Balaban J connectivity index is 2.22. The van der Waals surface area contributed by atoms with Gasteiger partial charge in [-0.3, -0.25) is 0 Å². The van der Waals surface area contributed by atoms with Crippen LogP contribution in [-0.2, 0) is 6.18 Å². The lowest BCUT2D eigenvalue weighted by molar-refractivity contribution is -0.137. The summed E-state index contributed by atoms with van der Waals surface area (Å²) in [6.45, 7) is 6.01. The molecule has 2 aromatic rings. The Hall–Kier alpha value is -1.20. The maximum Gasteiger partial charge on any atom is 0.416 e. The molecule has 0 saturated heterocycles. The van der Waals surface area contributed by atoms with E-state index in [0.29, 0.717) is 5.69 Å². The lowest BCUT2D eigenvalue weighted by Gasteiger charge is -2.17. The summed E-state index contributed by atoms with van der Waals surface area (Å²) in [7, 11) is 0. The number of nitrogens with one attached hydrogen (secondary N) is 1. The van der Waals surface area contributed by atoms with Crippen molar-refractivity contribution in [3.63, 3.8) is 0 Å². The molecule has 0 spiro atoms. The highest BCUT2D eigenvalue weighted by molar-refractivity contribution is 7.12. The highest BCUT2D eigenvalue weighted by Gasteiger charge is 2.31. The number of benzene rings is 1. The molecule has 6 heteroatoms. The number of halogens is 4. The summed E-state index contributed by atoms with van der Waals surface area (Å²) < 4.78 is 37.8. The van der Waals surface area contributed by atoms with Gasteiger partial charge in [0.1, 0.15) is 0 Å². The van der Waals surface area contributed by atoms with Crippen LogP contribution in [0.25, 0.3) is 0 Å². The van der Waals surface area contributed by atoms with Gasteiger partial charge in [-0.05, 0) is 50.6 Å². The maximum absolute atomic E-state index is 12.6. The molecule has 21 heavy (non-hydrogen) atoms. The fraction of sp³-hybridized carbons (Fsp3) is 0.333. The number of hydrogen-bond donors (Lipinski definition) is 1. The van der Waals surface area contributed by atoms with Gasteiger partial charge >= 0.3 is 6.18 Å². The Labute approximate surface area is 130 Å². The fourth-order valence-corrected chi connectivity index (χ4v) is 3.46. The van der Waals surface area contributed by atoms with Crippen LogP contribution in [0.4, 0.5) is 18.9 Å². The van der Waals surface area contributed by atoms with Gasteiger partial charge in [-0.1, -0.05) is 11.6 Å². The first-order valence-corrected chi connectivity index (χ1v) is 7.58. The van der Waals surface area contributed by atoms with Crippen molar-refractivity contribution >= 4 is 28.6 Å². The van der Waals surface area contributed by atoms with E-state index in [1.165, 1.54) is 15.8 Å². The molecule has 0 aliphatic heterocycles. The minimum absolute atomic E-state index is 0.0239. The molecule has 0 saturated carbocycles. The molecule has 2 rings (SSSR count). The van der Waals surface area contributed by atoms with Crippen LogP contribution in [0.3, 0.4) is 0 Å². The summed E-state index contributed by atoms with van der Waals surface area (Å²) in [6, 6.07) is 5.41. The van der Waals surface area contributed by atoms with Gasteiger partial charge in [0.25, 0.3) is 0 Å². The van der Waals surface area contributed by atoms with Crippen molar-refractivity contribution in [2.75, 3.05) is 5.32 Å². The lowest BCUT2D eigenvalue weighted by Crippen LogP contribution is -2.09. The van der Waals surface area contributed by atoms with E-state index in [4.69, 9.17) is 11.6 Å². The molecule has 0 fully saturated rings. The van der Waals surface area contributed by atoms with Gasteiger partial charge < -0.3 is 5.32 Å². The Kier molecular flexibility index (Phi) is 4.54. The molecule has 0 aliphatic rings. The van der Waals surface area contributed by atoms with Crippen LogP contribution in [0.2, 0.25) is 5.02 Å². The lowest BCUT2D eigenvalue weighted by atomic mass is 10.1. The van der Waals surface area contributed by atoms with Crippen molar-refractivity contribution in [3.8, 4) is 0 Å². The molecule has 0 bridgehead atoms. The monoisotopic (exact) mass is 333 g/mol. The van der Waals surface area contributed by atoms with Gasteiger partial charge in [-0.25, -0.2) is 0 Å². The SMILES string of the molecule is Cc1cc(C(C)Nc2ccc(C(F)(F)F)cc2Cl)c(C)s1. The number of thiophene rings is 1. The summed E-state index contributed by atoms with van der Waals surface area (Å²) in [5.41, 5.74) is 0.891. The van der Waals surface area contributed by atoms with Gasteiger partial charge in [0.05, 0.1) is 16.3 Å². The van der Waals surface area contributed by atoms with E-state index in [1.54, 1.807) is 11.3 Å². The quantitative estimate of drug-likeness (QED) is 0.704. The molecule has 1 nitrogen and oxygen atoms in total. The Morgan fingerprint density at radius 3 is 2.33 bits per heavy atom. The summed E-state index contributed by atoms with van der Waals surface area (Å²) in [4.78, 5) is 2.39. The number of hydrogen-bond acceptors (Lipinski definition) is 2. The summed E-state index contributed by atoms with van der Waals surface area (Å²) in [6.07, 6.45) is -4.38. The predicted octanol–water partition coefficient (Wildman–Crippen LogP) is 6.21. The van der Waals surface area contributed by atoms with Crippen LogP contribution in [0.5, 0.6) is 0 Å². The summed E-state index contributed by atoms with van der Waals surface area (Å²) in [5.74, 6) is 0. The van der Waals surface area contributed by atoms with Crippen molar-refractivity contribution < 1.29 is 13.2 Å². The average molecular weight is 334 g/mol. The first kappa shape index (κ1) is 16.2. The topological polar surface area (TPSA) is 12.0 Å². The second kappa shape index (κ2) is 5.89. The van der Waals surface area contributed by atoms with Crippen molar-refractivity contribution in [3.05, 3.63) is 50.2 Å². The normalized spacial score (nSPS) is 13.3. The van der Waals surface area contributed by atoms with Crippen molar-refractivity contribution in [2.45, 2.75) is 33.0 Å². The highest BCUT2D eigenvalue weighted by Crippen LogP contribution is 2.35. The van der Waals surface area contributed by atoms with Crippen LogP contribution in [0.1, 0.15) is 33.8 Å². The number of rotatable bonds is 3. The standard InChI is InChI=1S/C15H15ClF3NS/c1-8-6-12(10(3)21-8)9(2)20-14-5-4-11(7-13(14)16)15(17,18)19/h4-7,9,20H,1-3H3. The molecular weight excluding hydrogens is 319 g/mol. The predicted molar refractivity (Wildman–Crippen MR) is 82.3 cm³/mol. The minimum atomic E-state index is -4.38. The molecule has 1 unspecified atom stereocenters. The molecular formula is C15H15ClF3NS. The van der Waals surface area contributed by atoms with E-state index >= 15 is 0 Å². The van der Waals surface area contributed by atoms with Gasteiger partial charge in [-0.2, -0.15) is 13.2 Å². The van der Waals surface area contributed by atoms with Gasteiger partial charge in [0, 0.05) is 15.8 Å². The molecule has 114 valence electrons. The molecule has 0 aliphatic carbocycles. The van der Waals surface area contributed by atoms with E-state index in [9.17, 15) is 13.2 Å². The van der Waals surface area contributed by atoms with Crippen molar-refractivity contribution in [2.24, 2.45) is 0 Å². The molecule has 0 amide bonds. The largest absolute Gasteiger partial charge is 0.416 e. The summed E-state index contributed by atoms with van der Waals surface area (Å²) in [5, 5.41) is 3.24. The number of alkyl halides is 3. The van der Waals surface area contributed by atoms with E-state index in [2.05, 4.69) is 11.4 Å². The Morgan fingerprint density at radius 1 is 1.19 bits per heavy atom. The smallest absolute Gasteiger partial charge is 0.377 e. The van der Waals surface area contributed by atoms with E-state index in [1.807, 2.05) is 20.8 Å². The highest BCUT2D eigenvalue weighted by atomic mass is 35.5. The van der Waals surface area contributed by atoms with Crippen LogP contribution < -0.4 is 5.32 Å². The molecule has 1 aromatic heterocycles. The van der Waals surface area contributed by atoms with Gasteiger partial charge in [-0.15, -0.1) is 11.3 Å². The Morgan fingerprint density at radius 2 is 1.86 bits per heavy atom. The van der Waals surface area contributed by atoms with Crippen LogP contribution in [-0.4, -0.2) is 0 Å². The fourth-order valence-electron chi connectivity index (χ4n) is 2.20. The maximum atomic E-state index is 12.6. The molecule has 0 radical (unpaired) electrons. The molecule has 1 N–H and O–H groups in total. The summed E-state index contributed by atoms with van der Waals surface area (Å²) >= 11 is 7.65. The van der Waals surface area contributed by atoms with Crippen molar-refractivity contribution in [1.29, 1.82) is 0 Å². The third-order valence-corrected chi connectivity index (χ3v) is 4.51. The van der Waals surface area contributed by atoms with Crippen LogP contribution >= 0.6 is 22.9 Å². The third-order valence-electron chi connectivity index (χ3n) is 3.21. The zero-order chi connectivity index (χ0) is 15.8. The minimum Gasteiger partial charge on any atom is -0.377 e.